The summed E-state index contributed by atoms with van der Waals surface area (Å²) in [5.74, 6) is -0.733. The fourth-order valence-electron chi connectivity index (χ4n) is 3.95. The average molecular weight is 488 g/mol. The van der Waals surface area contributed by atoms with Crippen molar-refractivity contribution in [2.24, 2.45) is 5.92 Å². The molecule has 1 saturated heterocycles. The van der Waals surface area contributed by atoms with Crippen LogP contribution in [0, 0.1) is 5.92 Å². The number of sulfonamides is 1. The average Bonchev–Trinajstić information content (AvgIpc) is 2.77. The lowest BCUT2D eigenvalue weighted by molar-refractivity contribution is -0.127. The van der Waals surface area contributed by atoms with Crippen molar-refractivity contribution >= 4 is 27.5 Å². The molecule has 0 bridgehead atoms. The third kappa shape index (κ3) is 6.65. The first-order valence-electron chi connectivity index (χ1n) is 11.5. The molecule has 1 fully saturated rings. The number of hydrogen-bond donors (Lipinski definition) is 2. The first-order valence-corrected chi connectivity index (χ1v) is 12.9. The van der Waals surface area contributed by atoms with Gasteiger partial charge in [0.05, 0.1) is 23.5 Å². The first-order chi connectivity index (χ1) is 16.1. The predicted molar refractivity (Wildman–Crippen MR) is 131 cm³/mol. The van der Waals surface area contributed by atoms with Gasteiger partial charge in [-0.15, -0.1) is 0 Å². The van der Waals surface area contributed by atoms with Gasteiger partial charge in [-0.3, -0.25) is 9.59 Å². The van der Waals surface area contributed by atoms with Gasteiger partial charge in [-0.25, -0.2) is 8.42 Å². The highest BCUT2D eigenvalue weighted by molar-refractivity contribution is 7.89. The molecule has 0 aromatic heterocycles. The normalized spacial score (nSPS) is 20.0. The Kier molecular flexibility index (Phi) is 8.46. The Morgan fingerprint density at radius 2 is 1.59 bits per heavy atom. The maximum Gasteiger partial charge on any atom is 0.247 e. The molecule has 3 rings (SSSR count). The first kappa shape index (κ1) is 25.9. The molecule has 1 heterocycles. The van der Waals surface area contributed by atoms with E-state index in [1.54, 1.807) is 12.1 Å². The van der Waals surface area contributed by atoms with Crippen molar-refractivity contribution in [1.29, 1.82) is 0 Å². The molecule has 2 aromatic carbocycles. The van der Waals surface area contributed by atoms with E-state index in [9.17, 15) is 18.0 Å². The van der Waals surface area contributed by atoms with Crippen molar-refractivity contribution < 1.29 is 22.7 Å². The van der Waals surface area contributed by atoms with E-state index in [1.807, 2.05) is 58.0 Å². The largest absolute Gasteiger partial charge is 0.373 e. The van der Waals surface area contributed by atoms with Gasteiger partial charge in [-0.2, -0.15) is 4.31 Å². The summed E-state index contributed by atoms with van der Waals surface area (Å²) in [6.07, 6.45) is -0.174. The number of amides is 2. The number of hydrogen-bond acceptors (Lipinski definition) is 5. The lowest BCUT2D eigenvalue weighted by Gasteiger charge is -2.34. The molecule has 0 radical (unpaired) electrons. The molecular formula is C25H33N3O5S. The minimum atomic E-state index is -3.66. The third-order valence-corrected chi connectivity index (χ3v) is 7.46. The van der Waals surface area contributed by atoms with Crippen molar-refractivity contribution in [3.63, 3.8) is 0 Å². The summed E-state index contributed by atoms with van der Waals surface area (Å²) < 4.78 is 33.1. The van der Waals surface area contributed by atoms with Gasteiger partial charge in [0, 0.05) is 18.8 Å². The van der Waals surface area contributed by atoms with Crippen LogP contribution >= 0.6 is 0 Å². The van der Waals surface area contributed by atoms with Crippen LogP contribution < -0.4 is 10.6 Å². The molecule has 0 aliphatic carbocycles. The van der Waals surface area contributed by atoms with Crippen LogP contribution in [-0.2, 0) is 30.8 Å². The Balaban J connectivity index is 1.64. The highest BCUT2D eigenvalue weighted by atomic mass is 32.2. The van der Waals surface area contributed by atoms with E-state index in [0.717, 1.165) is 5.56 Å². The van der Waals surface area contributed by atoms with Crippen LogP contribution in [0.25, 0.3) is 0 Å². The molecule has 1 aliphatic heterocycles. The number of ether oxygens (including phenoxy) is 1. The van der Waals surface area contributed by atoms with E-state index in [-0.39, 0.29) is 41.3 Å². The van der Waals surface area contributed by atoms with E-state index < -0.39 is 16.1 Å². The highest BCUT2D eigenvalue weighted by Crippen LogP contribution is 2.22. The van der Waals surface area contributed by atoms with E-state index in [1.165, 1.54) is 16.4 Å². The van der Waals surface area contributed by atoms with Gasteiger partial charge in [0.2, 0.25) is 21.8 Å². The molecule has 0 spiro atoms. The summed E-state index contributed by atoms with van der Waals surface area (Å²) in [4.78, 5) is 25.5. The summed E-state index contributed by atoms with van der Waals surface area (Å²) in [7, 11) is -3.66. The van der Waals surface area contributed by atoms with Crippen LogP contribution in [0.3, 0.4) is 0 Å². The van der Waals surface area contributed by atoms with Gasteiger partial charge < -0.3 is 15.4 Å². The van der Waals surface area contributed by atoms with Crippen molar-refractivity contribution in [3.05, 3.63) is 60.2 Å². The lowest BCUT2D eigenvalue weighted by atomic mass is 10.0. The molecule has 2 amide bonds. The highest BCUT2D eigenvalue weighted by Gasteiger charge is 2.32. The number of nitrogens with zero attached hydrogens (tertiary/aromatic N) is 1. The zero-order chi connectivity index (χ0) is 24.9. The SMILES string of the molecule is CC1CN(S(=O)(=O)c2ccc(NC(=O)C(NC(=O)Cc3ccccc3)C(C)C)cc2)CC(C)O1. The van der Waals surface area contributed by atoms with Crippen LogP contribution in [0.4, 0.5) is 5.69 Å². The second kappa shape index (κ2) is 11.1. The predicted octanol–water partition coefficient (Wildman–Crippen LogP) is 2.81. The molecule has 2 N–H and O–H groups in total. The summed E-state index contributed by atoms with van der Waals surface area (Å²) in [6.45, 7) is 8.00. The Morgan fingerprint density at radius 1 is 1.00 bits per heavy atom. The van der Waals surface area contributed by atoms with Gasteiger partial charge >= 0.3 is 0 Å². The second-order valence-electron chi connectivity index (χ2n) is 9.04. The maximum absolute atomic E-state index is 13.0. The Bertz CT molecular complexity index is 1080. The molecule has 3 unspecified atom stereocenters. The fraction of sp³-hybridized carbons (Fsp3) is 0.440. The van der Waals surface area contributed by atoms with Crippen LogP contribution in [0.1, 0.15) is 33.3 Å². The van der Waals surface area contributed by atoms with E-state index >= 15 is 0 Å². The van der Waals surface area contributed by atoms with Gasteiger partial charge in [0.1, 0.15) is 6.04 Å². The molecule has 9 heteroatoms. The number of nitrogens with one attached hydrogen (secondary N) is 2. The molecule has 34 heavy (non-hydrogen) atoms. The quantitative estimate of drug-likeness (QED) is 0.596. The van der Waals surface area contributed by atoms with Crippen LogP contribution in [-0.4, -0.2) is 55.9 Å². The van der Waals surface area contributed by atoms with Crippen LogP contribution in [0.2, 0.25) is 0 Å². The third-order valence-electron chi connectivity index (χ3n) is 5.62. The van der Waals surface area contributed by atoms with Gasteiger partial charge in [-0.05, 0) is 49.6 Å². The molecule has 0 saturated carbocycles. The fourth-order valence-corrected chi connectivity index (χ4v) is 5.54. The van der Waals surface area contributed by atoms with E-state index in [4.69, 9.17) is 4.74 Å². The minimum Gasteiger partial charge on any atom is -0.373 e. The van der Waals surface area contributed by atoms with Crippen molar-refractivity contribution in [1.82, 2.24) is 9.62 Å². The topological polar surface area (TPSA) is 105 Å². The summed E-state index contributed by atoms with van der Waals surface area (Å²) in [6, 6.07) is 14.7. The summed E-state index contributed by atoms with van der Waals surface area (Å²) >= 11 is 0. The number of carbonyl (C=O) groups excluding carboxylic acids is 2. The van der Waals surface area contributed by atoms with Gasteiger partial charge in [0.25, 0.3) is 0 Å². The number of anilines is 1. The number of carbonyl (C=O) groups is 2. The zero-order valence-electron chi connectivity index (χ0n) is 20.0. The van der Waals surface area contributed by atoms with Gasteiger partial charge in [0.15, 0.2) is 0 Å². The van der Waals surface area contributed by atoms with Crippen molar-refractivity contribution in [2.75, 3.05) is 18.4 Å². The Labute approximate surface area is 201 Å². The van der Waals surface area contributed by atoms with Crippen LogP contribution in [0.15, 0.2) is 59.5 Å². The Hall–Kier alpha value is -2.75. The minimum absolute atomic E-state index is 0.135. The Morgan fingerprint density at radius 3 is 2.15 bits per heavy atom. The number of morpholine rings is 1. The zero-order valence-corrected chi connectivity index (χ0v) is 20.8. The second-order valence-corrected chi connectivity index (χ2v) is 11.0. The summed E-state index contributed by atoms with van der Waals surface area (Å²) in [5.41, 5.74) is 1.32. The standard InChI is InChI=1S/C25H33N3O5S/c1-17(2)24(27-23(29)14-20-8-6-5-7-9-20)25(30)26-21-10-12-22(13-11-21)34(31,32)28-15-18(3)33-19(4)16-28/h5-13,17-19,24H,14-16H2,1-4H3,(H,26,30)(H,27,29). The molecule has 2 aromatic rings. The monoisotopic (exact) mass is 487 g/mol. The van der Waals surface area contributed by atoms with E-state index in [0.29, 0.717) is 18.8 Å². The molecule has 8 nitrogen and oxygen atoms in total. The molecule has 1 aliphatic rings. The smallest absolute Gasteiger partial charge is 0.247 e. The summed E-state index contributed by atoms with van der Waals surface area (Å²) in [5, 5.41) is 5.59. The van der Waals surface area contributed by atoms with Crippen LogP contribution in [0.5, 0.6) is 0 Å². The lowest BCUT2D eigenvalue weighted by Crippen LogP contribution is -2.48. The number of rotatable bonds is 8. The molecular weight excluding hydrogens is 454 g/mol. The van der Waals surface area contributed by atoms with Gasteiger partial charge in [-0.1, -0.05) is 44.2 Å². The van der Waals surface area contributed by atoms with Crippen molar-refractivity contribution in [2.45, 2.75) is 57.3 Å². The maximum atomic E-state index is 13.0. The van der Waals surface area contributed by atoms with Crippen molar-refractivity contribution in [3.8, 4) is 0 Å². The molecule has 3 atom stereocenters. The molecule has 184 valence electrons. The number of benzene rings is 2. The van der Waals surface area contributed by atoms with E-state index in [2.05, 4.69) is 10.6 Å².